The number of carboxylic acid groups (broad SMARTS) is 4. The van der Waals surface area contributed by atoms with Crippen molar-refractivity contribution < 1.29 is 78.3 Å². The van der Waals surface area contributed by atoms with Crippen molar-refractivity contribution in [3.63, 3.8) is 0 Å². The molecule has 12 nitrogen and oxygen atoms in total. The molecule has 39 heavy (non-hydrogen) atoms. The maximum absolute atomic E-state index is 10.8. The molecule has 0 aliphatic carbocycles. The van der Waals surface area contributed by atoms with Gasteiger partial charge < -0.3 is 31.9 Å². The number of nitrogens with zero attached hydrogens (tertiary/aromatic N) is 2. The summed E-state index contributed by atoms with van der Waals surface area (Å²) < 4.78 is 1.68. The summed E-state index contributed by atoms with van der Waals surface area (Å²) in [5.74, 6) is -3.83. The molecule has 4 aromatic rings. The van der Waals surface area contributed by atoms with Gasteiger partial charge in [-0.3, -0.25) is 9.59 Å². The minimum atomic E-state index is -0.995. The molecule has 214 valence electrons. The number of aromatic nitrogens is 2. The molecule has 0 atom stereocenters. The summed E-state index contributed by atoms with van der Waals surface area (Å²) in [5, 5.41) is 34.8. The smallest absolute Gasteiger partial charge is 0.480 e. The van der Waals surface area contributed by atoms with Crippen molar-refractivity contribution in [2.24, 2.45) is 18.5 Å². The van der Waals surface area contributed by atoms with Crippen LogP contribution in [0, 0.1) is 0 Å². The van der Waals surface area contributed by atoms with Crippen LogP contribution in [0.3, 0.4) is 0 Å². The van der Waals surface area contributed by atoms with Crippen LogP contribution in [0.4, 0.5) is 0 Å². The Morgan fingerprint density at radius 3 is 1.67 bits per heavy atom. The van der Waals surface area contributed by atoms with Gasteiger partial charge in [-0.15, -0.1) is 0 Å². The number of carboxylic acids is 4. The van der Waals surface area contributed by atoms with Crippen LogP contribution in [-0.2, 0) is 50.8 Å². The van der Waals surface area contributed by atoms with Gasteiger partial charge in [-0.2, -0.15) is 4.57 Å². The third kappa shape index (κ3) is 12.9. The number of hydrogen-bond donors (Lipinski definition) is 6. The first-order valence-electron chi connectivity index (χ1n) is 10.6. The summed E-state index contributed by atoms with van der Waals surface area (Å²) in [5.41, 5.74) is 11.2. The van der Waals surface area contributed by atoms with Crippen molar-refractivity contribution in [1.29, 1.82) is 0 Å². The maximum Gasteiger partial charge on any atom is 2.00 e. The molecule has 14 heteroatoms. The average Bonchev–Trinajstić information content (AvgIpc) is 2.89. The number of aliphatic carboxylic acids is 2. The molecule has 2 aromatic carbocycles. The Balaban J connectivity index is 0. The molecule has 2 aromatic heterocycles. The Morgan fingerprint density at radius 1 is 0.718 bits per heavy atom. The van der Waals surface area contributed by atoms with E-state index < -0.39 is 23.9 Å². The van der Waals surface area contributed by atoms with Crippen LogP contribution >= 0.6 is 0 Å². The third-order valence-corrected chi connectivity index (χ3v) is 4.47. The van der Waals surface area contributed by atoms with E-state index in [0.717, 1.165) is 16.3 Å². The first kappa shape index (κ1) is 37.3. The van der Waals surface area contributed by atoms with Crippen LogP contribution in [0.5, 0.6) is 0 Å². The van der Waals surface area contributed by atoms with Crippen molar-refractivity contribution in [3.8, 4) is 0 Å². The molecule has 0 fully saturated rings. The summed E-state index contributed by atoms with van der Waals surface area (Å²) in [4.78, 5) is 43.9. The van der Waals surface area contributed by atoms with Gasteiger partial charge in [-0.25, -0.2) is 14.6 Å². The summed E-state index contributed by atoms with van der Waals surface area (Å²) in [6.45, 7) is -0.556. The Labute approximate surface area is 244 Å². The summed E-state index contributed by atoms with van der Waals surface area (Å²) in [6, 6.07) is 21.8. The number of nitrogens with two attached hydrogens (primary N) is 2. The van der Waals surface area contributed by atoms with Crippen LogP contribution in [0.15, 0.2) is 72.8 Å². The van der Waals surface area contributed by atoms with Gasteiger partial charge in [0.1, 0.15) is 12.7 Å². The summed E-state index contributed by atoms with van der Waals surface area (Å²) in [7, 11) is 1.76. The Kier molecular flexibility index (Phi) is 18.3. The predicted molar refractivity (Wildman–Crippen MR) is 134 cm³/mol. The van der Waals surface area contributed by atoms with Crippen molar-refractivity contribution >= 4 is 45.7 Å². The van der Waals surface area contributed by atoms with E-state index in [1.54, 1.807) is 29.8 Å². The Bertz CT molecular complexity index is 1390. The second-order valence-corrected chi connectivity index (χ2v) is 7.03. The minimum absolute atomic E-state index is 0. The molecule has 8 N–H and O–H groups in total. The quantitative estimate of drug-likeness (QED) is 0.138. The van der Waals surface area contributed by atoms with Gasteiger partial charge in [-0.1, -0.05) is 36.4 Å². The van der Waals surface area contributed by atoms with E-state index in [4.69, 9.17) is 20.4 Å². The van der Waals surface area contributed by atoms with Gasteiger partial charge in [0.25, 0.3) is 5.69 Å². The third-order valence-electron chi connectivity index (χ3n) is 4.47. The fourth-order valence-electron chi connectivity index (χ4n) is 2.74. The fraction of sp³-hybridized carbons (Fsp3) is 0.120. The number of rotatable bonds is 4. The SMILES string of the molecule is C[n+]1c(C(=O)O)ccc2ccccc21.NCC(=O)O.NCC(=O)O.O=C(O)c1ccc2ccccc2n1.[Cu+2].[Cu]. The number of fused-ring (bicyclic) bond motifs is 2. The van der Waals surface area contributed by atoms with Crippen molar-refractivity contribution in [2.45, 2.75) is 0 Å². The Hall–Kier alpha value is -3.90. The molecule has 0 bridgehead atoms. The Morgan fingerprint density at radius 2 is 1.18 bits per heavy atom. The molecular formula is C25H27Cu2N4O8+3. The number of aryl methyl sites for hydroxylation is 1. The molecule has 0 aliphatic heterocycles. The first-order valence-corrected chi connectivity index (χ1v) is 10.6. The zero-order chi connectivity index (χ0) is 28.0. The number of carbonyl (C=O) groups is 4. The normalized spacial score (nSPS) is 9.00. The average molecular weight is 639 g/mol. The van der Waals surface area contributed by atoms with E-state index in [9.17, 15) is 19.2 Å². The molecular weight excluding hydrogens is 611 g/mol. The molecule has 2 heterocycles. The van der Waals surface area contributed by atoms with E-state index >= 15 is 0 Å². The largest absolute Gasteiger partial charge is 2.00 e. The van der Waals surface area contributed by atoms with Crippen LogP contribution in [0.2, 0.25) is 0 Å². The molecule has 0 amide bonds. The second kappa shape index (κ2) is 19.2. The van der Waals surface area contributed by atoms with Crippen LogP contribution in [0.1, 0.15) is 21.0 Å². The minimum Gasteiger partial charge on any atom is -0.480 e. The zero-order valence-electron chi connectivity index (χ0n) is 20.4. The number of benzene rings is 2. The van der Waals surface area contributed by atoms with E-state index in [1.165, 1.54) is 6.07 Å². The number of hydrogen-bond acceptors (Lipinski definition) is 7. The molecule has 0 spiro atoms. The van der Waals surface area contributed by atoms with Crippen molar-refractivity contribution in [1.82, 2.24) is 4.98 Å². The maximum atomic E-state index is 10.8. The van der Waals surface area contributed by atoms with Gasteiger partial charge >= 0.3 is 40.9 Å². The summed E-state index contributed by atoms with van der Waals surface area (Å²) in [6.07, 6.45) is 0. The standard InChI is InChI=1S/C11H9NO2.C10H7NO2.2C2H5NO2.2Cu/c1-12-9-5-3-2-4-8(9)6-7-10(12)11(13)14;12-10(13)9-6-5-7-3-1-2-4-8(7)11-9;2*3-1-2(4)5;;/h2-7H,1H3;1-6H,(H,12,13);2*1,3H2,(H,4,5);;/q;;;;;+2/p+1. The predicted octanol–water partition coefficient (Wildman–Crippen LogP) is 1.35. The van der Waals surface area contributed by atoms with E-state index in [1.807, 2.05) is 48.5 Å². The fourth-order valence-corrected chi connectivity index (χ4v) is 2.74. The van der Waals surface area contributed by atoms with Crippen LogP contribution < -0.4 is 16.0 Å². The monoisotopic (exact) mass is 637 g/mol. The molecule has 0 saturated heterocycles. The van der Waals surface area contributed by atoms with E-state index in [2.05, 4.69) is 16.5 Å². The molecule has 4 rings (SSSR count). The number of para-hydroxylation sites is 2. The summed E-state index contributed by atoms with van der Waals surface area (Å²) >= 11 is 0. The van der Waals surface area contributed by atoms with E-state index in [-0.39, 0.29) is 52.9 Å². The molecule has 0 saturated carbocycles. The zero-order valence-corrected chi connectivity index (χ0v) is 22.3. The molecule has 2 radical (unpaired) electrons. The van der Waals surface area contributed by atoms with Crippen molar-refractivity contribution in [3.05, 3.63) is 84.2 Å². The number of aromatic carboxylic acids is 2. The van der Waals surface area contributed by atoms with Gasteiger partial charge in [-0.05, 0) is 24.3 Å². The van der Waals surface area contributed by atoms with Gasteiger partial charge in [0.15, 0.2) is 0 Å². The molecule has 0 unspecified atom stereocenters. The van der Waals surface area contributed by atoms with Gasteiger partial charge in [0.05, 0.1) is 18.6 Å². The van der Waals surface area contributed by atoms with Crippen molar-refractivity contribution in [2.75, 3.05) is 13.1 Å². The van der Waals surface area contributed by atoms with Gasteiger partial charge in [0, 0.05) is 40.0 Å². The van der Waals surface area contributed by atoms with E-state index in [0.29, 0.717) is 11.2 Å². The van der Waals surface area contributed by atoms with Crippen LogP contribution in [0.25, 0.3) is 21.8 Å². The topological polar surface area (TPSA) is 218 Å². The molecule has 0 aliphatic rings. The van der Waals surface area contributed by atoms with Crippen LogP contribution in [-0.4, -0.2) is 62.4 Å². The second-order valence-electron chi connectivity index (χ2n) is 7.03. The first-order chi connectivity index (χ1) is 17.5. The number of pyridine rings is 2. The van der Waals surface area contributed by atoms with Gasteiger partial charge in [0.2, 0.25) is 5.52 Å².